The summed E-state index contributed by atoms with van der Waals surface area (Å²) in [4.78, 5) is 18.2. The second-order valence-electron chi connectivity index (χ2n) is 9.87. The molecule has 1 N–H and O–H groups in total. The van der Waals surface area contributed by atoms with Crippen molar-refractivity contribution in [3.05, 3.63) is 65.7 Å². The molecule has 2 aromatic rings. The number of nitrogens with zero attached hydrogens (tertiary/aromatic N) is 1. The Morgan fingerprint density at radius 2 is 1.58 bits per heavy atom. The minimum atomic E-state index is -0.0135. The van der Waals surface area contributed by atoms with Crippen LogP contribution in [0.2, 0.25) is 0 Å². The molecule has 4 fully saturated rings. The largest absolute Gasteiger partial charge is 0.399 e. The molecule has 6 rings (SSSR count). The molecule has 0 spiro atoms. The summed E-state index contributed by atoms with van der Waals surface area (Å²) >= 11 is 0. The summed E-state index contributed by atoms with van der Waals surface area (Å²) in [6.45, 7) is 1.91. The van der Waals surface area contributed by atoms with Gasteiger partial charge in [0.2, 0.25) is 5.91 Å². The number of benzene rings is 2. The Labute approximate surface area is 185 Å². The highest BCUT2D eigenvalue weighted by molar-refractivity contribution is 5.99. The number of carbonyl (C=O) groups excluding carboxylic acids is 1. The van der Waals surface area contributed by atoms with Crippen molar-refractivity contribution < 1.29 is 9.63 Å². The van der Waals surface area contributed by atoms with Crippen LogP contribution in [0.5, 0.6) is 0 Å². The van der Waals surface area contributed by atoms with Crippen molar-refractivity contribution >= 4 is 17.3 Å². The van der Waals surface area contributed by atoms with Gasteiger partial charge in [-0.15, -0.1) is 0 Å². The molecule has 0 saturated heterocycles. The van der Waals surface area contributed by atoms with E-state index in [0.29, 0.717) is 18.3 Å². The number of anilines is 1. The van der Waals surface area contributed by atoms with Crippen LogP contribution >= 0.6 is 0 Å². The van der Waals surface area contributed by atoms with E-state index in [2.05, 4.69) is 40.8 Å². The summed E-state index contributed by atoms with van der Waals surface area (Å²) in [7, 11) is 1.55. The molecule has 2 aromatic carbocycles. The lowest BCUT2D eigenvalue weighted by atomic mass is 9.43. The Balaban J connectivity index is 1.38. The van der Waals surface area contributed by atoms with Crippen molar-refractivity contribution in [2.45, 2.75) is 50.9 Å². The monoisotopic (exact) mass is 416 g/mol. The average Bonchev–Trinajstić information content (AvgIpc) is 2.77. The van der Waals surface area contributed by atoms with Gasteiger partial charge in [0.05, 0.1) is 5.71 Å². The van der Waals surface area contributed by atoms with Crippen molar-refractivity contribution in [2.24, 2.45) is 28.8 Å². The fraction of sp³-hybridized carbons (Fsp3) is 0.481. The van der Waals surface area contributed by atoms with Gasteiger partial charge in [-0.3, -0.25) is 4.79 Å². The molecule has 4 aliphatic carbocycles. The SMILES string of the molecule is CO/N=C(\C)c1ccc(NC(=O)CC2(c3ccccc3)C3CC4CC(C3)CC2C4)cc1. The van der Waals surface area contributed by atoms with E-state index in [9.17, 15) is 4.79 Å². The Kier molecular flexibility index (Phi) is 5.33. The quantitative estimate of drug-likeness (QED) is 0.479. The van der Waals surface area contributed by atoms with Crippen molar-refractivity contribution in [3.63, 3.8) is 0 Å². The molecule has 0 aliphatic heterocycles. The minimum absolute atomic E-state index is 0.0135. The van der Waals surface area contributed by atoms with E-state index in [0.717, 1.165) is 28.8 Å². The molecular formula is C27H32N2O2. The maximum Gasteiger partial charge on any atom is 0.225 e. The van der Waals surface area contributed by atoms with Gasteiger partial charge in [0.1, 0.15) is 7.11 Å². The van der Waals surface area contributed by atoms with Crippen molar-refractivity contribution in [1.82, 2.24) is 0 Å². The van der Waals surface area contributed by atoms with Gasteiger partial charge in [-0.25, -0.2) is 0 Å². The number of hydrogen-bond acceptors (Lipinski definition) is 3. The van der Waals surface area contributed by atoms with Crippen LogP contribution in [0, 0.1) is 23.7 Å². The van der Waals surface area contributed by atoms with Crippen LogP contribution in [0.3, 0.4) is 0 Å². The molecular weight excluding hydrogens is 384 g/mol. The number of nitrogens with one attached hydrogen (secondary N) is 1. The lowest BCUT2D eigenvalue weighted by molar-refractivity contribution is -0.124. The number of hydrogen-bond donors (Lipinski definition) is 1. The predicted octanol–water partition coefficient (Wildman–Crippen LogP) is 5.78. The molecule has 4 saturated carbocycles. The first-order valence-corrected chi connectivity index (χ1v) is 11.6. The number of oxime groups is 1. The molecule has 0 atom stereocenters. The van der Waals surface area contributed by atoms with E-state index in [4.69, 9.17) is 4.84 Å². The molecule has 0 heterocycles. The van der Waals surface area contributed by atoms with Crippen molar-refractivity contribution in [2.75, 3.05) is 12.4 Å². The van der Waals surface area contributed by atoms with Gasteiger partial charge in [0.15, 0.2) is 0 Å². The Morgan fingerprint density at radius 1 is 0.968 bits per heavy atom. The molecule has 0 radical (unpaired) electrons. The molecule has 0 unspecified atom stereocenters. The van der Waals surface area contributed by atoms with Crippen LogP contribution in [0.1, 0.15) is 56.6 Å². The standard InChI is InChI=1S/C27H32N2O2/c1-18(29-31-2)21-8-10-25(11-9-21)28-26(30)17-27(22-6-4-3-5-7-22)23-13-19-12-20(15-23)16-24(27)14-19/h3-11,19-20,23-24H,12-17H2,1-2H3,(H,28,30)/b29-18+. The third-order valence-electron chi connectivity index (χ3n) is 8.17. The zero-order valence-electron chi connectivity index (χ0n) is 18.5. The highest BCUT2D eigenvalue weighted by Crippen LogP contribution is 2.64. The molecule has 4 bridgehead atoms. The number of carbonyl (C=O) groups is 1. The zero-order chi connectivity index (χ0) is 21.4. The number of rotatable bonds is 6. The van der Waals surface area contributed by atoms with E-state index < -0.39 is 0 Å². The molecule has 4 nitrogen and oxygen atoms in total. The van der Waals surface area contributed by atoms with Crippen LogP contribution in [-0.2, 0) is 15.0 Å². The first-order chi connectivity index (χ1) is 15.1. The van der Waals surface area contributed by atoms with Gasteiger partial charge < -0.3 is 10.2 Å². The van der Waals surface area contributed by atoms with Gasteiger partial charge in [-0.05, 0) is 86.0 Å². The van der Waals surface area contributed by atoms with E-state index in [1.54, 1.807) is 7.11 Å². The van der Waals surface area contributed by atoms with Gasteiger partial charge in [0.25, 0.3) is 0 Å². The van der Waals surface area contributed by atoms with Crippen LogP contribution in [0.4, 0.5) is 5.69 Å². The third-order valence-corrected chi connectivity index (χ3v) is 8.17. The van der Waals surface area contributed by atoms with E-state index >= 15 is 0 Å². The number of amides is 1. The fourth-order valence-electron chi connectivity index (χ4n) is 7.09. The first-order valence-electron chi connectivity index (χ1n) is 11.6. The van der Waals surface area contributed by atoms with Gasteiger partial charge in [-0.1, -0.05) is 47.6 Å². The molecule has 162 valence electrons. The summed E-state index contributed by atoms with van der Waals surface area (Å²) in [5.41, 5.74) is 4.01. The minimum Gasteiger partial charge on any atom is -0.399 e. The zero-order valence-corrected chi connectivity index (χ0v) is 18.5. The summed E-state index contributed by atoms with van der Waals surface area (Å²) in [6.07, 6.45) is 7.17. The summed E-state index contributed by atoms with van der Waals surface area (Å²) in [6, 6.07) is 18.8. The molecule has 4 aliphatic rings. The summed E-state index contributed by atoms with van der Waals surface area (Å²) < 4.78 is 0. The van der Waals surface area contributed by atoms with Crippen LogP contribution in [0.15, 0.2) is 59.8 Å². The Bertz CT molecular complexity index is 936. The fourth-order valence-corrected chi connectivity index (χ4v) is 7.09. The first kappa shape index (κ1) is 20.3. The second-order valence-corrected chi connectivity index (χ2v) is 9.87. The summed E-state index contributed by atoms with van der Waals surface area (Å²) in [5.74, 6) is 3.16. The van der Waals surface area contributed by atoms with Crippen LogP contribution in [-0.4, -0.2) is 18.7 Å². The van der Waals surface area contributed by atoms with Gasteiger partial charge in [-0.2, -0.15) is 0 Å². The molecule has 4 heteroatoms. The topological polar surface area (TPSA) is 50.7 Å². The maximum absolute atomic E-state index is 13.3. The molecule has 31 heavy (non-hydrogen) atoms. The van der Waals surface area contributed by atoms with E-state index in [-0.39, 0.29) is 11.3 Å². The summed E-state index contributed by atoms with van der Waals surface area (Å²) in [5, 5.41) is 7.16. The van der Waals surface area contributed by atoms with Crippen LogP contribution < -0.4 is 5.32 Å². The highest BCUT2D eigenvalue weighted by atomic mass is 16.6. The van der Waals surface area contributed by atoms with E-state index in [1.807, 2.05) is 31.2 Å². The maximum atomic E-state index is 13.3. The van der Waals surface area contributed by atoms with Crippen LogP contribution in [0.25, 0.3) is 0 Å². The molecule has 1 amide bonds. The lowest BCUT2D eigenvalue weighted by Crippen LogP contribution is -2.56. The van der Waals surface area contributed by atoms with Gasteiger partial charge >= 0.3 is 0 Å². The van der Waals surface area contributed by atoms with Crippen molar-refractivity contribution in [3.8, 4) is 0 Å². The Morgan fingerprint density at radius 3 is 2.16 bits per heavy atom. The van der Waals surface area contributed by atoms with E-state index in [1.165, 1.54) is 37.7 Å². The van der Waals surface area contributed by atoms with Gasteiger partial charge in [0, 0.05) is 17.5 Å². The second kappa shape index (κ2) is 8.14. The third kappa shape index (κ3) is 3.66. The van der Waals surface area contributed by atoms with Crippen molar-refractivity contribution in [1.29, 1.82) is 0 Å². The molecule has 0 aromatic heterocycles. The Hall–Kier alpha value is -2.62. The lowest BCUT2D eigenvalue weighted by Gasteiger charge is -2.61. The predicted molar refractivity (Wildman–Crippen MR) is 124 cm³/mol. The normalized spacial score (nSPS) is 31.5. The highest BCUT2D eigenvalue weighted by Gasteiger charge is 2.58. The smallest absolute Gasteiger partial charge is 0.225 e. The average molecular weight is 417 g/mol.